The third-order valence-electron chi connectivity index (χ3n) is 2.02. The van der Waals surface area contributed by atoms with Crippen molar-refractivity contribution >= 4 is 34.6 Å². The number of halogens is 3. The van der Waals surface area contributed by atoms with E-state index in [4.69, 9.17) is 5.11 Å². The standard InChI is InChI=1S/C9H6F3N3O2S/c10-9(11,12)4-1-2-5-6(3-4)15-18-7(13-5)14-8(16)17/h1-3,15H,(H,13,14)(H,16,17). The van der Waals surface area contributed by atoms with Gasteiger partial charge in [0.25, 0.3) is 0 Å². The maximum absolute atomic E-state index is 12.4. The van der Waals surface area contributed by atoms with Gasteiger partial charge in [0.15, 0.2) is 5.17 Å². The number of carbonyl (C=O) groups is 1. The van der Waals surface area contributed by atoms with Crippen LogP contribution in [0.4, 0.5) is 29.3 Å². The Balaban J connectivity index is 2.31. The summed E-state index contributed by atoms with van der Waals surface area (Å²) in [6.07, 6.45) is -5.72. The number of rotatable bonds is 0. The fourth-order valence-electron chi connectivity index (χ4n) is 1.27. The molecule has 1 aliphatic heterocycles. The molecule has 1 aliphatic rings. The van der Waals surface area contributed by atoms with Gasteiger partial charge in [-0.15, -0.1) is 0 Å². The smallest absolute Gasteiger partial charge is 0.416 e. The zero-order chi connectivity index (χ0) is 13.3. The predicted molar refractivity (Wildman–Crippen MR) is 60.9 cm³/mol. The number of amidine groups is 1. The lowest BCUT2D eigenvalue weighted by Crippen LogP contribution is -2.28. The number of nitrogens with one attached hydrogen (secondary N) is 2. The van der Waals surface area contributed by atoms with E-state index in [2.05, 4.69) is 9.71 Å². The lowest BCUT2D eigenvalue weighted by atomic mass is 10.1. The summed E-state index contributed by atoms with van der Waals surface area (Å²) in [6.45, 7) is 0. The molecule has 0 unspecified atom stereocenters. The van der Waals surface area contributed by atoms with Crippen LogP contribution in [-0.2, 0) is 6.18 Å². The Kier molecular flexibility index (Phi) is 3.07. The van der Waals surface area contributed by atoms with E-state index in [-0.39, 0.29) is 16.5 Å². The van der Waals surface area contributed by atoms with E-state index in [0.717, 1.165) is 24.1 Å². The highest BCUT2D eigenvalue weighted by Crippen LogP contribution is 2.38. The number of benzene rings is 1. The molecule has 9 heteroatoms. The van der Waals surface area contributed by atoms with Crippen molar-refractivity contribution in [3.63, 3.8) is 0 Å². The Morgan fingerprint density at radius 1 is 1.44 bits per heavy atom. The number of amides is 1. The van der Waals surface area contributed by atoms with Crippen molar-refractivity contribution in [2.45, 2.75) is 6.18 Å². The van der Waals surface area contributed by atoms with Crippen molar-refractivity contribution in [3.05, 3.63) is 23.8 Å². The molecule has 0 aromatic heterocycles. The van der Waals surface area contributed by atoms with Crippen molar-refractivity contribution < 1.29 is 23.1 Å². The highest BCUT2D eigenvalue weighted by Gasteiger charge is 2.31. The van der Waals surface area contributed by atoms with Gasteiger partial charge in [-0.2, -0.15) is 13.2 Å². The Morgan fingerprint density at radius 2 is 2.17 bits per heavy atom. The van der Waals surface area contributed by atoms with Crippen molar-refractivity contribution in [2.75, 3.05) is 4.72 Å². The first-order valence-corrected chi connectivity index (χ1v) is 5.40. The van der Waals surface area contributed by atoms with E-state index in [1.807, 2.05) is 5.32 Å². The summed E-state index contributed by atoms with van der Waals surface area (Å²) < 4.78 is 39.9. The molecule has 0 saturated heterocycles. The number of hydrogen-bond acceptors (Lipinski definition) is 4. The third kappa shape index (κ3) is 2.67. The average Bonchev–Trinajstić information content (AvgIpc) is 2.26. The lowest BCUT2D eigenvalue weighted by Gasteiger charge is -2.17. The molecule has 0 radical (unpaired) electrons. The van der Waals surface area contributed by atoms with Gasteiger partial charge in [0.1, 0.15) is 0 Å². The summed E-state index contributed by atoms with van der Waals surface area (Å²) in [6, 6.07) is 2.98. The van der Waals surface area contributed by atoms with Crippen LogP contribution >= 0.6 is 11.9 Å². The van der Waals surface area contributed by atoms with Gasteiger partial charge in [0.2, 0.25) is 0 Å². The molecule has 0 aliphatic carbocycles. The van der Waals surface area contributed by atoms with E-state index in [0.29, 0.717) is 0 Å². The maximum atomic E-state index is 12.4. The van der Waals surface area contributed by atoms with Crippen LogP contribution in [0.2, 0.25) is 0 Å². The molecule has 0 saturated carbocycles. The summed E-state index contributed by atoms with van der Waals surface area (Å²) in [5, 5.41) is 10.5. The fourth-order valence-corrected chi connectivity index (χ4v) is 1.92. The lowest BCUT2D eigenvalue weighted by molar-refractivity contribution is -0.137. The zero-order valence-electron chi connectivity index (χ0n) is 8.58. The number of nitrogens with zero attached hydrogens (tertiary/aromatic N) is 1. The van der Waals surface area contributed by atoms with Crippen LogP contribution in [0.1, 0.15) is 5.56 Å². The Hall–Kier alpha value is -1.90. The van der Waals surface area contributed by atoms with Crippen LogP contribution in [0.25, 0.3) is 0 Å². The molecule has 18 heavy (non-hydrogen) atoms. The quantitative estimate of drug-likeness (QED) is 0.637. The molecule has 0 spiro atoms. The first-order valence-electron chi connectivity index (χ1n) is 4.59. The van der Waals surface area contributed by atoms with Gasteiger partial charge in [0, 0.05) is 11.9 Å². The van der Waals surface area contributed by atoms with Crippen LogP contribution in [0.15, 0.2) is 23.2 Å². The molecule has 2 rings (SSSR count). The summed E-state index contributed by atoms with van der Waals surface area (Å²) in [5.41, 5.74) is -0.365. The summed E-state index contributed by atoms with van der Waals surface area (Å²) >= 11 is 0.794. The van der Waals surface area contributed by atoms with Crippen LogP contribution in [0, 0.1) is 0 Å². The molecule has 1 aromatic rings. The number of hydrogen-bond donors (Lipinski definition) is 3. The second-order valence-corrected chi connectivity index (χ2v) is 4.08. The van der Waals surface area contributed by atoms with Crippen LogP contribution < -0.4 is 10.0 Å². The summed E-state index contributed by atoms with van der Waals surface area (Å²) in [7, 11) is 0. The van der Waals surface area contributed by atoms with Crippen molar-refractivity contribution in [1.82, 2.24) is 5.32 Å². The van der Waals surface area contributed by atoms with Gasteiger partial charge in [-0.05, 0) is 18.2 Å². The second kappa shape index (κ2) is 4.41. The summed E-state index contributed by atoms with van der Waals surface area (Å²) in [5.74, 6) is 0. The van der Waals surface area contributed by atoms with Gasteiger partial charge >= 0.3 is 12.3 Å². The number of aliphatic imine (C=N–C) groups is 1. The maximum Gasteiger partial charge on any atom is 0.416 e. The number of alkyl halides is 3. The highest BCUT2D eigenvalue weighted by molar-refractivity contribution is 8.15. The molecule has 3 N–H and O–H groups in total. The van der Waals surface area contributed by atoms with E-state index in [1.54, 1.807) is 0 Å². The van der Waals surface area contributed by atoms with E-state index >= 15 is 0 Å². The largest absolute Gasteiger partial charge is 0.465 e. The Labute approximate surface area is 103 Å². The monoisotopic (exact) mass is 277 g/mol. The van der Waals surface area contributed by atoms with Crippen molar-refractivity contribution in [2.24, 2.45) is 4.99 Å². The number of anilines is 1. The highest BCUT2D eigenvalue weighted by atomic mass is 32.2. The first kappa shape index (κ1) is 12.6. The summed E-state index contributed by atoms with van der Waals surface area (Å²) in [4.78, 5) is 14.2. The van der Waals surface area contributed by atoms with Crippen LogP contribution in [0.5, 0.6) is 0 Å². The minimum Gasteiger partial charge on any atom is -0.465 e. The molecular weight excluding hydrogens is 271 g/mol. The Bertz CT molecular complexity index is 530. The predicted octanol–water partition coefficient (Wildman–Crippen LogP) is 3.03. The SMILES string of the molecule is O=C(O)NC1=Nc2ccc(C(F)(F)F)cc2NS1. The molecular formula is C9H6F3N3O2S. The van der Waals surface area contributed by atoms with Crippen molar-refractivity contribution in [3.8, 4) is 0 Å². The Morgan fingerprint density at radius 3 is 2.78 bits per heavy atom. The number of carboxylic acid groups (broad SMARTS) is 1. The fraction of sp³-hybridized carbons (Fsp3) is 0.111. The second-order valence-electron chi connectivity index (χ2n) is 3.28. The average molecular weight is 277 g/mol. The number of fused-ring (bicyclic) bond motifs is 1. The molecule has 0 bridgehead atoms. The van der Waals surface area contributed by atoms with Crippen LogP contribution in [0.3, 0.4) is 0 Å². The normalized spacial score (nSPS) is 14.3. The first-order chi connectivity index (χ1) is 8.36. The molecule has 0 atom stereocenters. The van der Waals surface area contributed by atoms with E-state index in [9.17, 15) is 18.0 Å². The topological polar surface area (TPSA) is 73.7 Å². The minimum absolute atomic E-state index is 0.0507. The zero-order valence-corrected chi connectivity index (χ0v) is 9.39. The van der Waals surface area contributed by atoms with Gasteiger partial charge in [-0.1, -0.05) is 0 Å². The van der Waals surface area contributed by atoms with Gasteiger partial charge in [-0.3, -0.25) is 5.32 Å². The molecule has 0 fully saturated rings. The van der Waals surface area contributed by atoms with E-state index < -0.39 is 17.8 Å². The van der Waals surface area contributed by atoms with Crippen molar-refractivity contribution in [1.29, 1.82) is 0 Å². The molecule has 1 aromatic carbocycles. The minimum atomic E-state index is -4.43. The molecule has 5 nitrogen and oxygen atoms in total. The van der Waals surface area contributed by atoms with E-state index in [1.165, 1.54) is 6.07 Å². The van der Waals surface area contributed by atoms with Gasteiger partial charge in [0.05, 0.1) is 16.9 Å². The molecule has 96 valence electrons. The molecule has 1 heterocycles. The van der Waals surface area contributed by atoms with Gasteiger partial charge < -0.3 is 9.83 Å². The van der Waals surface area contributed by atoms with Crippen LogP contribution in [-0.4, -0.2) is 16.4 Å². The van der Waals surface area contributed by atoms with Gasteiger partial charge in [-0.25, -0.2) is 9.79 Å². The third-order valence-corrected chi connectivity index (χ3v) is 2.73. The molecule has 1 amide bonds.